The zero-order chi connectivity index (χ0) is 28.2. The Morgan fingerprint density at radius 2 is 1.40 bits per heavy atom. The fourth-order valence-electron chi connectivity index (χ4n) is 5.64. The number of piperazine rings is 1. The predicted molar refractivity (Wildman–Crippen MR) is 145 cm³/mol. The molecule has 4 aromatic rings. The van der Waals surface area contributed by atoms with Gasteiger partial charge in [0.1, 0.15) is 22.7 Å². The minimum Gasteiger partial charge on any atom is -0.365 e. The van der Waals surface area contributed by atoms with Gasteiger partial charge in [0.25, 0.3) is 0 Å². The summed E-state index contributed by atoms with van der Waals surface area (Å²) < 4.78 is 82.0. The third-order valence-corrected chi connectivity index (χ3v) is 8.66. The third kappa shape index (κ3) is 4.40. The monoisotopic (exact) mass is 571 g/mol. The van der Waals surface area contributed by atoms with E-state index in [9.17, 15) is 26.0 Å². The topological polar surface area (TPSA) is 69.6 Å². The van der Waals surface area contributed by atoms with Crippen LogP contribution >= 0.6 is 0 Å². The third-order valence-electron chi connectivity index (χ3n) is 7.56. The minimum absolute atomic E-state index is 0.0475. The smallest absolute Gasteiger partial charge is 0.186 e. The number of aromatic nitrogens is 2. The quantitative estimate of drug-likeness (QED) is 0.264. The van der Waals surface area contributed by atoms with Crippen LogP contribution in [0.4, 0.5) is 34.8 Å². The Bertz CT molecular complexity index is 1710. The van der Waals surface area contributed by atoms with Crippen LogP contribution in [0.25, 0.3) is 10.8 Å². The molecule has 12 heteroatoms. The van der Waals surface area contributed by atoms with Crippen LogP contribution in [0.2, 0.25) is 0 Å². The van der Waals surface area contributed by atoms with E-state index in [-0.39, 0.29) is 26.2 Å². The number of hydrogen-bond acceptors (Lipinski definition) is 7. The van der Waals surface area contributed by atoms with Gasteiger partial charge in [0.15, 0.2) is 33.1 Å². The van der Waals surface area contributed by atoms with Gasteiger partial charge in [0.05, 0.1) is 12.2 Å². The van der Waals surface area contributed by atoms with Crippen molar-refractivity contribution in [1.82, 2.24) is 9.97 Å². The second-order valence-corrected chi connectivity index (χ2v) is 11.9. The van der Waals surface area contributed by atoms with E-state index in [4.69, 9.17) is 0 Å². The molecular formula is C28H25F4N5O2S. The maximum absolute atomic E-state index is 14.8. The van der Waals surface area contributed by atoms with Gasteiger partial charge in [-0.25, -0.2) is 35.9 Å². The summed E-state index contributed by atoms with van der Waals surface area (Å²) in [5.41, 5.74) is 2.11. The largest absolute Gasteiger partial charge is 0.365 e. The van der Waals surface area contributed by atoms with Crippen LogP contribution in [-0.2, 0) is 22.8 Å². The van der Waals surface area contributed by atoms with Crippen LogP contribution in [0, 0.1) is 23.3 Å². The Morgan fingerprint density at radius 3 is 2.10 bits per heavy atom. The van der Waals surface area contributed by atoms with Gasteiger partial charge in [0.2, 0.25) is 0 Å². The van der Waals surface area contributed by atoms with Crippen LogP contribution in [0.5, 0.6) is 0 Å². The Hall–Kier alpha value is -3.93. The molecule has 0 aliphatic carbocycles. The molecule has 1 fully saturated rings. The highest BCUT2D eigenvalue weighted by Crippen LogP contribution is 2.36. The van der Waals surface area contributed by atoms with Crippen molar-refractivity contribution in [3.8, 4) is 0 Å². The number of nitrogens with zero attached hydrogens (tertiary/aromatic N) is 5. The van der Waals surface area contributed by atoms with Crippen molar-refractivity contribution in [1.29, 1.82) is 0 Å². The number of benzene rings is 3. The van der Waals surface area contributed by atoms with Crippen molar-refractivity contribution in [2.45, 2.75) is 17.9 Å². The Labute approximate surface area is 228 Å². The van der Waals surface area contributed by atoms with Crippen LogP contribution < -0.4 is 14.7 Å². The summed E-state index contributed by atoms with van der Waals surface area (Å²) in [6, 6.07) is 14.4. The maximum Gasteiger partial charge on any atom is 0.186 e. The van der Waals surface area contributed by atoms with Crippen molar-refractivity contribution in [3.63, 3.8) is 0 Å². The maximum atomic E-state index is 14.8. The molecule has 0 bridgehead atoms. The van der Waals surface area contributed by atoms with Crippen LogP contribution in [0.3, 0.4) is 0 Å². The molecule has 40 heavy (non-hydrogen) atoms. The fraction of sp³-hybridized carbons (Fsp3) is 0.286. The Morgan fingerprint density at radius 1 is 0.750 bits per heavy atom. The Kier molecular flexibility index (Phi) is 6.52. The van der Waals surface area contributed by atoms with Crippen LogP contribution in [0.15, 0.2) is 53.7 Å². The lowest BCUT2D eigenvalue weighted by atomic mass is 10.0. The summed E-state index contributed by atoms with van der Waals surface area (Å²) in [4.78, 5) is 12.9. The number of fused-ring (bicyclic) bond motifs is 2. The van der Waals surface area contributed by atoms with E-state index in [1.165, 1.54) is 11.2 Å². The summed E-state index contributed by atoms with van der Waals surface area (Å²) >= 11 is 0. The van der Waals surface area contributed by atoms with Crippen molar-refractivity contribution in [2.24, 2.45) is 0 Å². The van der Waals surface area contributed by atoms with Crippen LogP contribution in [0.1, 0.15) is 11.3 Å². The first kappa shape index (κ1) is 26.3. The zero-order valence-electron chi connectivity index (χ0n) is 21.5. The first-order chi connectivity index (χ1) is 19.1. The van der Waals surface area contributed by atoms with Gasteiger partial charge in [-0.05, 0) is 17.9 Å². The van der Waals surface area contributed by atoms with Gasteiger partial charge < -0.3 is 14.7 Å². The minimum atomic E-state index is -4.52. The molecule has 6 rings (SSSR count). The molecule has 7 nitrogen and oxygen atoms in total. The molecule has 1 saturated heterocycles. The van der Waals surface area contributed by atoms with E-state index in [2.05, 4.69) is 39.1 Å². The van der Waals surface area contributed by atoms with E-state index in [0.29, 0.717) is 19.2 Å². The molecule has 0 saturated carbocycles. The molecule has 0 N–H and O–H groups in total. The van der Waals surface area contributed by atoms with Gasteiger partial charge in [-0.3, -0.25) is 0 Å². The molecule has 3 heterocycles. The Balaban J connectivity index is 1.23. The highest BCUT2D eigenvalue weighted by Gasteiger charge is 2.34. The SMILES string of the molecule is CS(=O)(=O)c1c(F)c(F)c(N2CCN(c3ncnc4c3CCN(c3cccc5ccccc35)C4)CC2)c(F)c1F. The van der Waals surface area contributed by atoms with Crippen molar-refractivity contribution in [3.05, 3.63) is 83.3 Å². The van der Waals surface area contributed by atoms with Gasteiger partial charge in [-0.2, -0.15) is 0 Å². The van der Waals surface area contributed by atoms with Crippen molar-refractivity contribution >= 4 is 37.8 Å². The summed E-state index contributed by atoms with van der Waals surface area (Å²) in [5, 5.41) is 2.32. The lowest BCUT2D eigenvalue weighted by Gasteiger charge is -2.39. The standard InChI is InChI=1S/C28H25F4N5O2S/c1-40(38,39)27-24(31)22(29)26(23(30)25(27)32)35-11-13-36(14-12-35)28-19-9-10-37(15-20(19)33-16-34-28)21-8-4-6-17-5-2-3-7-18(17)21/h2-8,16H,9-15H2,1H3. The second-order valence-electron chi connectivity index (χ2n) is 9.97. The molecule has 0 unspecified atom stereocenters. The summed E-state index contributed by atoms with van der Waals surface area (Å²) in [6.07, 6.45) is 2.69. The van der Waals surface area contributed by atoms with E-state index in [1.54, 1.807) is 0 Å². The first-order valence-electron chi connectivity index (χ1n) is 12.8. The first-order valence-corrected chi connectivity index (χ1v) is 14.7. The van der Waals surface area contributed by atoms with Crippen molar-refractivity contribution < 1.29 is 26.0 Å². The van der Waals surface area contributed by atoms with Gasteiger partial charge >= 0.3 is 0 Å². The number of rotatable bonds is 4. The van der Waals surface area contributed by atoms with E-state index >= 15 is 0 Å². The molecule has 1 aromatic heterocycles. The number of halogens is 4. The lowest BCUT2D eigenvalue weighted by Crippen LogP contribution is -2.48. The second kappa shape index (κ2) is 9.92. The highest BCUT2D eigenvalue weighted by molar-refractivity contribution is 7.90. The van der Waals surface area contributed by atoms with Gasteiger partial charge in [0, 0.05) is 55.6 Å². The van der Waals surface area contributed by atoms with Crippen LogP contribution in [-0.4, -0.2) is 57.4 Å². The van der Waals surface area contributed by atoms with Crippen molar-refractivity contribution in [2.75, 3.05) is 53.7 Å². The molecule has 0 atom stereocenters. The summed E-state index contributed by atoms with van der Waals surface area (Å²) in [5.74, 6) is -6.55. The summed E-state index contributed by atoms with van der Waals surface area (Å²) in [6.45, 7) is 2.01. The molecule has 2 aliphatic heterocycles. The molecule has 2 aliphatic rings. The number of anilines is 3. The number of sulfone groups is 1. The normalized spacial score (nSPS) is 16.0. The lowest BCUT2D eigenvalue weighted by molar-refractivity contribution is 0.417. The average Bonchev–Trinajstić information content (AvgIpc) is 2.95. The fourth-order valence-corrected chi connectivity index (χ4v) is 6.47. The molecule has 0 spiro atoms. The summed E-state index contributed by atoms with van der Waals surface area (Å²) in [7, 11) is -4.52. The van der Waals surface area contributed by atoms with E-state index in [1.807, 2.05) is 23.1 Å². The van der Waals surface area contributed by atoms with E-state index < -0.39 is 43.7 Å². The molecule has 0 amide bonds. The molecule has 0 radical (unpaired) electrons. The average molecular weight is 572 g/mol. The van der Waals surface area contributed by atoms with Gasteiger partial charge in [-0.1, -0.05) is 36.4 Å². The molecule has 3 aromatic carbocycles. The van der Waals surface area contributed by atoms with E-state index in [0.717, 1.165) is 40.1 Å². The predicted octanol–water partition coefficient (Wildman–Crippen LogP) is 4.48. The zero-order valence-corrected chi connectivity index (χ0v) is 22.4. The molecule has 208 valence electrons. The van der Waals surface area contributed by atoms with Gasteiger partial charge in [-0.15, -0.1) is 0 Å². The molecular weight excluding hydrogens is 546 g/mol. The highest BCUT2D eigenvalue weighted by atomic mass is 32.2. The number of hydrogen-bond donors (Lipinski definition) is 0.